The highest BCUT2D eigenvalue weighted by Gasteiger charge is 2.30. The zero-order valence-electron chi connectivity index (χ0n) is 10.0. The molecule has 0 fully saturated rings. The molecule has 1 heterocycles. The Morgan fingerprint density at radius 2 is 1.89 bits per heavy atom. The monoisotopic (exact) mass is 268 g/mol. The van der Waals surface area contributed by atoms with Crippen molar-refractivity contribution in [3.63, 3.8) is 0 Å². The summed E-state index contributed by atoms with van der Waals surface area (Å²) in [6.45, 7) is 1.76. The van der Waals surface area contributed by atoms with E-state index in [1.165, 1.54) is 6.07 Å². The predicted octanol–water partition coefficient (Wildman–Crippen LogP) is 3.78. The fourth-order valence-electron chi connectivity index (χ4n) is 1.46. The summed E-state index contributed by atoms with van der Waals surface area (Å²) >= 11 is 0. The van der Waals surface area contributed by atoms with Crippen LogP contribution in [0.2, 0.25) is 0 Å². The number of halogens is 3. The maximum atomic E-state index is 12.4. The van der Waals surface area contributed by atoms with Crippen LogP contribution in [0.1, 0.15) is 11.1 Å². The minimum Gasteiger partial charge on any atom is -0.439 e. The van der Waals surface area contributed by atoms with Crippen molar-refractivity contribution >= 4 is 5.69 Å². The maximum absolute atomic E-state index is 12.4. The molecule has 100 valence electrons. The summed E-state index contributed by atoms with van der Waals surface area (Å²) in [5, 5.41) is 0. The summed E-state index contributed by atoms with van der Waals surface area (Å²) in [6, 6.07) is 7.17. The molecule has 0 spiro atoms. The third-order valence-electron chi connectivity index (χ3n) is 2.60. The summed E-state index contributed by atoms with van der Waals surface area (Å²) in [5.41, 5.74) is 6.15. The van der Waals surface area contributed by atoms with Gasteiger partial charge in [0.05, 0.1) is 5.56 Å². The van der Waals surface area contributed by atoms with Crippen LogP contribution in [0, 0.1) is 6.92 Å². The van der Waals surface area contributed by atoms with E-state index in [-0.39, 0.29) is 5.88 Å². The van der Waals surface area contributed by atoms with Crippen LogP contribution in [0.4, 0.5) is 18.9 Å². The van der Waals surface area contributed by atoms with Gasteiger partial charge in [-0.1, -0.05) is 6.07 Å². The molecule has 19 heavy (non-hydrogen) atoms. The van der Waals surface area contributed by atoms with Crippen molar-refractivity contribution in [2.75, 3.05) is 5.73 Å². The van der Waals surface area contributed by atoms with Gasteiger partial charge in [-0.15, -0.1) is 0 Å². The second-order valence-electron chi connectivity index (χ2n) is 3.96. The molecule has 0 aliphatic heterocycles. The molecule has 0 radical (unpaired) electrons. The first kappa shape index (κ1) is 13.2. The average molecular weight is 268 g/mol. The number of nitrogens with two attached hydrogens (primary N) is 1. The van der Waals surface area contributed by atoms with E-state index in [0.717, 1.165) is 12.3 Å². The molecule has 2 N–H and O–H groups in total. The van der Waals surface area contributed by atoms with Crippen molar-refractivity contribution in [1.82, 2.24) is 4.98 Å². The first-order valence-corrected chi connectivity index (χ1v) is 5.44. The number of hydrogen-bond acceptors (Lipinski definition) is 3. The number of anilines is 1. The molecule has 0 amide bonds. The Hall–Kier alpha value is -2.24. The van der Waals surface area contributed by atoms with Gasteiger partial charge in [0, 0.05) is 23.5 Å². The number of rotatable bonds is 2. The molecule has 0 bridgehead atoms. The molecule has 1 aromatic carbocycles. The highest BCUT2D eigenvalue weighted by atomic mass is 19.4. The lowest BCUT2D eigenvalue weighted by Crippen LogP contribution is -2.05. The Balaban J connectivity index is 2.23. The van der Waals surface area contributed by atoms with Gasteiger partial charge < -0.3 is 10.5 Å². The van der Waals surface area contributed by atoms with Gasteiger partial charge in [0.15, 0.2) is 0 Å². The fraction of sp³-hybridized carbons (Fsp3) is 0.154. The SMILES string of the molecule is Cc1c(N)cccc1Oc1ccc(C(F)(F)F)cn1. The summed E-state index contributed by atoms with van der Waals surface area (Å²) < 4.78 is 42.5. The number of ether oxygens (including phenoxy) is 1. The topological polar surface area (TPSA) is 48.1 Å². The Morgan fingerprint density at radius 3 is 2.47 bits per heavy atom. The lowest BCUT2D eigenvalue weighted by molar-refractivity contribution is -0.137. The van der Waals surface area contributed by atoms with Gasteiger partial charge in [0.1, 0.15) is 5.75 Å². The Kier molecular flexibility index (Phi) is 3.33. The number of hydrogen-bond donors (Lipinski definition) is 1. The van der Waals surface area contributed by atoms with Crippen LogP contribution in [0.5, 0.6) is 11.6 Å². The van der Waals surface area contributed by atoms with E-state index < -0.39 is 11.7 Å². The van der Waals surface area contributed by atoms with E-state index in [2.05, 4.69) is 4.98 Å². The average Bonchev–Trinajstić information content (AvgIpc) is 2.35. The van der Waals surface area contributed by atoms with Crippen LogP contribution in [0.3, 0.4) is 0 Å². The van der Waals surface area contributed by atoms with Crippen LogP contribution in [0.25, 0.3) is 0 Å². The number of aromatic nitrogens is 1. The Labute approximate surface area is 107 Å². The highest BCUT2D eigenvalue weighted by Crippen LogP contribution is 2.31. The Bertz CT molecular complexity index is 579. The zero-order valence-corrected chi connectivity index (χ0v) is 10.0. The van der Waals surface area contributed by atoms with Crippen molar-refractivity contribution in [2.24, 2.45) is 0 Å². The third-order valence-corrected chi connectivity index (χ3v) is 2.60. The number of alkyl halides is 3. The van der Waals surface area contributed by atoms with Crippen molar-refractivity contribution in [3.05, 3.63) is 47.7 Å². The Morgan fingerprint density at radius 1 is 1.16 bits per heavy atom. The van der Waals surface area contributed by atoms with Crippen LogP contribution in [-0.4, -0.2) is 4.98 Å². The fourth-order valence-corrected chi connectivity index (χ4v) is 1.46. The molecular weight excluding hydrogens is 257 g/mol. The molecular formula is C13H11F3N2O. The van der Waals surface area contributed by atoms with Crippen molar-refractivity contribution in [2.45, 2.75) is 13.1 Å². The quantitative estimate of drug-likeness (QED) is 0.843. The molecule has 0 atom stereocenters. The first-order chi connectivity index (χ1) is 8.88. The molecule has 2 aromatic rings. The van der Waals surface area contributed by atoms with Gasteiger partial charge in [-0.2, -0.15) is 13.2 Å². The number of pyridine rings is 1. The maximum Gasteiger partial charge on any atom is 0.417 e. The lowest BCUT2D eigenvalue weighted by Gasteiger charge is -2.10. The molecule has 2 rings (SSSR count). The normalized spacial score (nSPS) is 11.4. The van der Waals surface area contributed by atoms with Crippen molar-refractivity contribution in [3.8, 4) is 11.6 Å². The summed E-state index contributed by atoms with van der Waals surface area (Å²) in [6.07, 6.45) is -3.67. The van der Waals surface area contributed by atoms with Gasteiger partial charge in [0.2, 0.25) is 5.88 Å². The molecule has 0 unspecified atom stereocenters. The number of benzene rings is 1. The van der Waals surface area contributed by atoms with Gasteiger partial charge in [-0.25, -0.2) is 4.98 Å². The molecule has 0 aliphatic carbocycles. The molecule has 3 nitrogen and oxygen atoms in total. The minimum absolute atomic E-state index is 0.0849. The zero-order chi connectivity index (χ0) is 14.0. The van der Waals surface area contributed by atoms with Gasteiger partial charge >= 0.3 is 6.18 Å². The van der Waals surface area contributed by atoms with Crippen LogP contribution < -0.4 is 10.5 Å². The molecule has 1 aromatic heterocycles. The van der Waals surface area contributed by atoms with Crippen LogP contribution in [0.15, 0.2) is 36.5 Å². The van der Waals surface area contributed by atoms with E-state index in [4.69, 9.17) is 10.5 Å². The smallest absolute Gasteiger partial charge is 0.417 e. The van der Waals surface area contributed by atoms with Gasteiger partial charge in [0.25, 0.3) is 0 Å². The predicted molar refractivity (Wildman–Crippen MR) is 64.9 cm³/mol. The van der Waals surface area contributed by atoms with E-state index in [9.17, 15) is 13.2 Å². The second kappa shape index (κ2) is 4.79. The lowest BCUT2D eigenvalue weighted by atomic mass is 10.2. The molecule has 6 heteroatoms. The van der Waals surface area contributed by atoms with Gasteiger partial charge in [-0.05, 0) is 25.1 Å². The first-order valence-electron chi connectivity index (χ1n) is 5.44. The van der Waals surface area contributed by atoms with E-state index >= 15 is 0 Å². The van der Waals surface area contributed by atoms with E-state index in [1.807, 2.05) is 0 Å². The van der Waals surface area contributed by atoms with E-state index in [1.54, 1.807) is 25.1 Å². The summed E-state index contributed by atoms with van der Waals surface area (Å²) in [7, 11) is 0. The number of nitrogen functional groups attached to an aromatic ring is 1. The number of nitrogens with zero attached hydrogens (tertiary/aromatic N) is 1. The largest absolute Gasteiger partial charge is 0.439 e. The van der Waals surface area contributed by atoms with Crippen LogP contribution >= 0.6 is 0 Å². The molecule has 0 saturated carbocycles. The standard InChI is InChI=1S/C13H11F3N2O/c1-8-10(17)3-2-4-11(8)19-12-6-5-9(7-18-12)13(14,15)16/h2-7H,17H2,1H3. The molecule has 0 aliphatic rings. The minimum atomic E-state index is -4.40. The van der Waals surface area contributed by atoms with E-state index in [0.29, 0.717) is 17.0 Å². The van der Waals surface area contributed by atoms with Crippen molar-refractivity contribution in [1.29, 1.82) is 0 Å². The van der Waals surface area contributed by atoms with Gasteiger partial charge in [-0.3, -0.25) is 0 Å². The van der Waals surface area contributed by atoms with Crippen LogP contribution in [-0.2, 0) is 6.18 Å². The van der Waals surface area contributed by atoms with Crippen molar-refractivity contribution < 1.29 is 17.9 Å². The summed E-state index contributed by atoms with van der Waals surface area (Å²) in [4.78, 5) is 3.63. The second-order valence-corrected chi connectivity index (χ2v) is 3.96. The third kappa shape index (κ3) is 2.96. The highest BCUT2D eigenvalue weighted by molar-refractivity contribution is 5.53. The summed E-state index contributed by atoms with van der Waals surface area (Å²) in [5.74, 6) is 0.550. The molecule has 0 saturated heterocycles.